The molecule has 0 aliphatic rings. The molecule has 0 spiro atoms. The lowest BCUT2D eigenvalue weighted by molar-refractivity contribution is 0.531. The number of pyridine rings is 1. The van der Waals surface area contributed by atoms with Crippen molar-refractivity contribution in [1.82, 2.24) is 24.4 Å². The summed E-state index contributed by atoms with van der Waals surface area (Å²) >= 11 is 0.922. The Kier molecular flexibility index (Phi) is 4.40. The fourth-order valence-electron chi connectivity index (χ4n) is 2.51. The van der Waals surface area contributed by atoms with E-state index < -0.39 is 23.0 Å². The van der Waals surface area contributed by atoms with Gasteiger partial charge in [-0.1, -0.05) is 11.8 Å². The molecule has 10 heteroatoms. The van der Waals surface area contributed by atoms with Crippen LogP contribution in [0.25, 0.3) is 11.2 Å². The Hall–Kier alpha value is -3.14. The molecule has 0 atom stereocenters. The van der Waals surface area contributed by atoms with Gasteiger partial charge in [-0.15, -0.1) is 9.73 Å². The molecule has 27 heavy (non-hydrogen) atoms. The molecular weight excluding hydrogens is 379 g/mol. The Morgan fingerprint density at radius 3 is 2.56 bits per heavy atom. The molecule has 3 heterocycles. The Labute approximate surface area is 154 Å². The van der Waals surface area contributed by atoms with Gasteiger partial charge in [-0.05, 0) is 18.2 Å². The molecular formula is C17H10F3N5OS. The van der Waals surface area contributed by atoms with Crippen molar-refractivity contribution in [2.75, 3.05) is 0 Å². The quantitative estimate of drug-likeness (QED) is 0.502. The molecule has 3 aromatic heterocycles. The summed E-state index contributed by atoms with van der Waals surface area (Å²) < 4.78 is 43.3. The third-order valence-corrected chi connectivity index (χ3v) is 4.73. The number of fused-ring (bicyclic) bond motifs is 1. The van der Waals surface area contributed by atoms with Crippen LogP contribution in [0.15, 0.2) is 58.9 Å². The summed E-state index contributed by atoms with van der Waals surface area (Å²) in [6.07, 6.45) is 4.44. The number of halogens is 3. The van der Waals surface area contributed by atoms with Gasteiger partial charge < -0.3 is 0 Å². The van der Waals surface area contributed by atoms with E-state index in [1.807, 2.05) is 0 Å². The van der Waals surface area contributed by atoms with Crippen LogP contribution in [-0.2, 0) is 5.75 Å². The molecule has 0 fully saturated rings. The van der Waals surface area contributed by atoms with E-state index in [0.717, 1.165) is 16.4 Å². The Morgan fingerprint density at radius 2 is 1.85 bits per heavy atom. The topological polar surface area (TPSA) is 65.1 Å². The fourth-order valence-corrected chi connectivity index (χ4v) is 3.52. The minimum atomic E-state index is -1.00. The van der Waals surface area contributed by atoms with E-state index in [1.54, 1.807) is 18.3 Å². The number of rotatable bonds is 4. The van der Waals surface area contributed by atoms with Gasteiger partial charge in [-0.2, -0.15) is 5.10 Å². The lowest BCUT2D eigenvalue weighted by Gasteiger charge is -2.12. The zero-order valence-corrected chi connectivity index (χ0v) is 14.3. The zero-order valence-electron chi connectivity index (χ0n) is 13.5. The van der Waals surface area contributed by atoms with Crippen molar-refractivity contribution in [2.45, 2.75) is 10.9 Å². The number of hydrogen-bond donors (Lipinski definition) is 0. The minimum Gasteiger partial charge on any atom is -0.266 e. The highest BCUT2D eigenvalue weighted by atomic mass is 32.2. The fraction of sp³-hybridized carbons (Fsp3) is 0.0588. The third-order valence-electron chi connectivity index (χ3n) is 3.77. The van der Waals surface area contributed by atoms with Crippen LogP contribution in [0.4, 0.5) is 13.2 Å². The van der Waals surface area contributed by atoms with E-state index in [9.17, 15) is 18.0 Å². The molecule has 1 aromatic carbocycles. The largest absolute Gasteiger partial charge is 0.285 e. The molecule has 0 bridgehead atoms. The first kappa shape index (κ1) is 17.3. The molecule has 0 saturated carbocycles. The first-order valence-electron chi connectivity index (χ1n) is 7.68. The average molecular weight is 389 g/mol. The van der Waals surface area contributed by atoms with Gasteiger partial charge in [0.05, 0.1) is 18.1 Å². The Bertz CT molecular complexity index is 1170. The number of thioether (sulfide) groups is 1. The molecule has 6 nitrogen and oxygen atoms in total. The molecule has 4 rings (SSSR count). The number of hydrogen-bond acceptors (Lipinski definition) is 5. The van der Waals surface area contributed by atoms with Gasteiger partial charge in [-0.25, -0.2) is 13.2 Å². The highest BCUT2D eigenvalue weighted by molar-refractivity contribution is 7.98. The van der Waals surface area contributed by atoms with Crippen molar-refractivity contribution in [3.63, 3.8) is 0 Å². The maximum atomic E-state index is 13.9. The first-order valence-corrected chi connectivity index (χ1v) is 8.67. The summed E-state index contributed by atoms with van der Waals surface area (Å²) in [6.45, 7) is 0. The van der Waals surface area contributed by atoms with E-state index in [-0.39, 0.29) is 22.0 Å². The monoisotopic (exact) mass is 389 g/mol. The van der Waals surface area contributed by atoms with Crippen molar-refractivity contribution in [1.29, 1.82) is 0 Å². The lowest BCUT2D eigenvalue weighted by atomic mass is 10.2. The van der Waals surface area contributed by atoms with Gasteiger partial charge in [-0.3, -0.25) is 14.3 Å². The highest BCUT2D eigenvalue weighted by Crippen LogP contribution is 2.26. The number of nitrogens with zero attached hydrogens (tertiary/aromatic N) is 5. The predicted octanol–water partition coefficient (Wildman–Crippen LogP) is 2.98. The van der Waals surface area contributed by atoms with Crippen LogP contribution in [-0.4, -0.2) is 24.4 Å². The van der Waals surface area contributed by atoms with E-state index >= 15 is 0 Å². The first-order chi connectivity index (χ1) is 13.0. The van der Waals surface area contributed by atoms with Gasteiger partial charge in [0.15, 0.2) is 10.7 Å². The van der Waals surface area contributed by atoms with Crippen LogP contribution in [0.1, 0.15) is 5.56 Å². The molecule has 0 saturated heterocycles. The van der Waals surface area contributed by atoms with E-state index in [2.05, 4.69) is 15.2 Å². The van der Waals surface area contributed by atoms with E-state index in [0.29, 0.717) is 17.8 Å². The standard InChI is InChI=1S/C17H10F3N5OS/c18-10-6-13(19)12(14(20)7-10)9-27-17-23-25-15(3-5-22-25)16(26)24(17)11-2-1-4-21-8-11/h1-8H,9H2. The molecule has 0 unspecified atom stereocenters. The molecule has 136 valence electrons. The summed E-state index contributed by atoms with van der Waals surface area (Å²) in [5.41, 5.74) is -0.0319. The summed E-state index contributed by atoms with van der Waals surface area (Å²) in [5.74, 6) is -3.20. The van der Waals surface area contributed by atoms with Gasteiger partial charge in [0.2, 0.25) is 0 Å². The normalized spacial score (nSPS) is 11.2. The van der Waals surface area contributed by atoms with Crippen molar-refractivity contribution in [3.8, 4) is 5.69 Å². The second-order valence-corrected chi connectivity index (χ2v) is 6.42. The van der Waals surface area contributed by atoms with Crippen LogP contribution in [0.3, 0.4) is 0 Å². The summed E-state index contributed by atoms with van der Waals surface area (Å²) in [6, 6.07) is 6.03. The van der Waals surface area contributed by atoms with Gasteiger partial charge >= 0.3 is 0 Å². The minimum absolute atomic E-state index is 0.160. The maximum absolute atomic E-state index is 13.9. The SMILES string of the molecule is O=c1c2ccnn2nc(SCc2c(F)cc(F)cc2F)n1-c1cccnc1. The van der Waals surface area contributed by atoms with Gasteiger partial charge in [0, 0.05) is 29.6 Å². The molecule has 0 N–H and O–H groups in total. The smallest absolute Gasteiger partial charge is 0.266 e. The van der Waals surface area contributed by atoms with Crippen LogP contribution < -0.4 is 5.56 Å². The molecule has 0 aliphatic carbocycles. The van der Waals surface area contributed by atoms with Crippen molar-refractivity contribution >= 4 is 17.3 Å². The molecule has 0 radical (unpaired) electrons. The Balaban J connectivity index is 1.81. The van der Waals surface area contributed by atoms with Crippen molar-refractivity contribution in [3.05, 3.63) is 82.3 Å². The number of aromatic nitrogens is 5. The maximum Gasteiger partial charge on any atom is 0.285 e. The predicted molar refractivity (Wildman–Crippen MR) is 92.3 cm³/mol. The van der Waals surface area contributed by atoms with E-state index in [1.165, 1.54) is 23.0 Å². The van der Waals surface area contributed by atoms with Gasteiger partial charge in [0.25, 0.3) is 5.56 Å². The lowest BCUT2D eigenvalue weighted by Crippen LogP contribution is -2.24. The summed E-state index contributed by atoms with van der Waals surface area (Å²) in [7, 11) is 0. The van der Waals surface area contributed by atoms with Crippen LogP contribution in [0.5, 0.6) is 0 Å². The second-order valence-electron chi connectivity index (χ2n) is 5.48. The molecule has 4 aromatic rings. The van der Waals surface area contributed by atoms with Crippen molar-refractivity contribution < 1.29 is 13.2 Å². The van der Waals surface area contributed by atoms with E-state index in [4.69, 9.17) is 0 Å². The van der Waals surface area contributed by atoms with Crippen LogP contribution in [0, 0.1) is 17.5 Å². The van der Waals surface area contributed by atoms with Crippen LogP contribution in [0.2, 0.25) is 0 Å². The van der Waals surface area contributed by atoms with Crippen molar-refractivity contribution in [2.24, 2.45) is 0 Å². The second kappa shape index (κ2) is 6.88. The summed E-state index contributed by atoms with van der Waals surface area (Å²) in [5, 5.41) is 8.35. The third kappa shape index (κ3) is 3.19. The number of benzene rings is 1. The Morgan fingerprint density at radius 1 is 1.07 bits per heavy atom. The average Bonchev–Trinajstić information content (AvgIpc) is 3.10. The molecule has 0 amide bonds. The van der Waals surface area contributed by atoms with Gasteiger partial charge in [0.1, 0.15) is 17.5 Å². The highest BCUT2D eigenvalue weighted by Gasteiger charge is 2.17. The summed E-state index contributed by atoms with van der Waals surface area (Å²) in [4.78, 5) is 16.8. The molecule has 0 aliphatic heterocycles. The zero-order chi connectivity index (χ0) is 19.0. The van der Waals surface area contributed by atoms with Crippen LogP contribution >= 0.6 is 11.8 Å².